The minimum atomic E-state index is -0.865. The summed E-state index contributed by atoms with van der Waals surface area (Å²) in [7, 11) is -0.865. The molecule has 1 saturated heterocycles. The van der Waals surface area contributed by atoms with Gasteiger partial charge in [-0.3, -0.25) is 4.79 Å². The summed E-state index contributed by atoms with van der Waals surface area (Å²) in [4.78, 5) is 15.9. The third kappa shape index (κ3) is 5.29. The van der Waals surface area contributed by atoms with Crippen molar-refractivity contribution < 1.29 is 14.1 Å². The Morgan fingerprint density at radius 3 is 2.59 bits per heavy atom. The number of piperidine rings is 1. The van der Waals surface area contributed by atoms with E-state index in [1.165, 1.54) is 0 Å². The fraction of sp³-hybridized carbons (Fsp3) is 0.382. The van der Waals surface area contributed by atoms with Crippen molar-refractivity contribution in [1.82, 2.24) is 0 Å². The number of para-hydroxylation sites is 1. The zero-order chi connectivity index (χ0) is 28.9. The molecule has 3 aromatic carbocycles. The quantitative estimate of drug-likeness (QED) is 0.291. The second-order valence-corrected chi connectivity index (χ2v) is 12.5. The summed E-state index contributed by atoms with van der Waals surface area (Å²) in [6, 6.07) is 18.4. The zero-order valence-electron chi connectivity index (χ0n) is 24.7. The molecular formula is C34H39BN2O4. The Morgan fingerprint density at radius 1 is 1.05 bits per heavy atom. The minimum absolute atomic E-state index is 0.0452. The van der Waals surface area contributed by atoms with Crippen LogP contribution >= 0.6 is 0 Å². The Labute approximate surface area is 242 Å². The van der Waals surface area contributed by atoms with Crippen LogP contribution in [-0.4, -0.2) is 31.8 Å². The number of hydrogen-bond donors (Lipinski definition) is 2. The Hall–Kier alpha value is -3.55. The Kier molecular flexibility index (Phi) is 7.20. The lowest BCUT2D eigenvalue weighted by atomic mass is 9.73. The highest BCUT2D eigenvalue weighted by Gasteiger charge is 2.29. The first-order valence-electron chi connectivity index (χ1n) is 14.7. The first kappa shape index (κ1) is 27.6. The molecular weight excluding hydrogens is 511 g/mol. The van der Waals surface area contributed by atoms with Gasteiger partial charge < -0.3 is 24.3 Å². The smallest absolute Gasteiger partial charge is 0.440 e. The number of benzene rings is 3. The van der Waals surface area contributed by atoms with Crippen LogP contribution in [0.25, 0.3) is 22.1 Å². The van der Waals surface area contributed by atoms with Crippen LogP contribution in [0.15, 0.2) is 63.8 Å². The molecule has 41 heavy (non-hydrogen) atoms. The number of nitrogens with one attached hydrogen (secondary N) is 1. The molecule has 3 heterocycles. The molecule has 6 rings (SSSR count). The topological polar surface area (TPSA) is 74.9 Å². The second kappa shape index (κ2) is 10.7. The van der Waals surface area contributed by atoms with Gasteiger partial charge in [0.1, 0.15) is 5.58 Å². The van der Waals surface area contributed by atoms with Crippen LogP contribution in [0.4, 0.5) is 11.6 Å². The molecule has 2 N–H and O–H groups in total. The van der Waals surface area contributed by atoms with Crippen LogP contribution < -0.4 is 21.1 Å². The van der Waals surface area contributed by atoms with E-state index in [1.807, 2.05) is 44.2 Å². The van der Waals surface area contributed by atoms with E-state index >= 15 is 0 Å². The van der Waals surface area contributed by atoms with Crippen molar-refractivity contribution >= 4 is 35.1 Å². The van der Waals surface area contributed by atoms with E-state index in [0.717, 1.165) is 71.3 Å². The van der Waals surface area contributed by atoms with Crippen molar-refractivity contribution in [2.45, 2.75) is 59.9 Å². The van der Waals surface area contributed by atoms with Gasteiger partial charge in [0.15, 0.2) is 5.43 Å². The van der Waals surface area contributed by atoms with Crippen molar-refractivity contribution in [2.75, 3.05) is 29.9 Å². The molecule has 212 valence electrons. The van der Waals surface area contributed by atoms with E-state index in [-0.39, 0.29) is 11.5 Å². The molecule has 6 nitrogen and oxygen atoms in total. The van der Waals surface area contributed by atoms with Crippen molar-refractivity contribution in [3.63, 3.8) is 0 Å². The van der Waals surface area contributed by atoms with Crippen molar-refractivity contribution in [3.8, 4) is 11.1 Å². The van der Waals surface area contributed by atoms with Gasteiger partial charge in [0.05, 0.1) is 17.0 Å². The largest absolute Gasteiger partial charge is 0.491 e. The molecule has 0 bridgehead atoms. The lowest BCUT2D eigenvalue weighted by molar-refractivity contribution is 0.266. The van der Waals surface area contributed by atoms with Gasteiger partial charge in [0.2, 0.25) is 5.88 Å². The monoisotopic (exact) mass is 550 g/mol. The van der Waals surface area contributed by atoms with E-state index in [0.29, 0.717) is 34.4 Å². The number of rotatable bonds is 5. The van der Waals surface area contributed by atoms with Gasteiger partial charge in [-0.2, -0.15) is 0 Å². The maximum atomic E-state index is 13.7. The van der Waals surface area contributed by atoms with Crippen LogP contribution in [0.2, 0.25) is 0 Å². The highest BCUT2D eigenvalue weighted by molar-refractivity contribution is 6.60. The van der Waals surface area contributed by atoms with Gasteiger partial charge in [-0.15, -0.1) is 0 Å². The fourth-order valence-corrected chi connectivity index (χ4v) is 6.27. The summed E-state index contributed by atoms with van der Waals surface area (Å²) in [6.07, 6.45) is 2.91. The van der Waals surface area contributed by atoms with Crippen LogP contribution in [0.1, 0.15) is 61.9 Å². The Morgan fingerprint density at radius 2 is 1.80 bits per heavy atom. The minimum Gasteiger partial charge on any atom is -0.440 e. The summed E-state index contributed by atoms with van der Waals surface area (Å²) in [5.74, 6) is 0.705. The SMILES string of the molecule is Cc1cc([C@@H](C)Nc2ccccc2-c2ccc3c(c2)CCOB3O)c2oc(N3CCC(C)(C)CC3)c(C)c(=O)c2c1. The molecule has 1 atom stereocenters. The van der Waals surface area contributed by atoms with Gasteiger partial charge in [0, 0.05) is 36.5 Å². The number of hydrogen-bond acceptors (Lipinski definition) is 6. The molecule has 0 unspecified atom stereocenters. The Bertz CT molecular complexity index is 1670. The normalized spacial score (nSPS) is 17.4. The number of fused-ring (bicyclic) bond motifs is 2. The number of anilines is 2. The van der Waals surface area contributed by atoms with E-state index in [1.54, 1.807) is 0 Å². The first-order chi connectivity index (χ1) is 19.6. The van der Waals surface area contributed by atoms with E-state index in [9.17, 15) is 9.82 Å². The molecule has 0 saturated carbocycles. The van der Waals surface area contributed by atoms with Crippen LogP contribution in [0.3, 0.4) is 0 Å². The van der Waals surface area contributed by atoms with E-state index in [2.05, 4.69) is 55.3 Å². The van der Waals surface area contributed by atoms with Gasteiger partial charge in [0.25, 0.3) is 0 Å². The van der Waals surface area contributed by atoms with Crippen LogP contribution in [0.5, 0.6) is 0 Å². The molecule has 0 radical (unpaired) electrons. The average Bonchev–Trinajstić information content (AvgIpc) is 2.95. The molecule has 2 aliphatic heterocycles. The number of aryl methyl sites for hydroxylation is 1. The third-order valence-electron chi connectivity index (χ3n) is 8.90. The summed E-state index contributed by atoms with van der Waals surface area (Å²) in [5.41, 5.74) is 8.80. The molecule has 0 aliphatic carbocycles. The van der Waals surface area contributed by atoms with Crippen molar-refractivity contribution in [2.24, 2.45) is 5.41 Å². The summed E-state index contributed by atoms with van der Waals surface area (Å²) in [5, 5.41) is 14.6. The molecule has 7 heteroatoms. The molecule has 4 aromatic rings. The van der Waals surface area contributed by atoms with Gasteiger partial charge in [-0.05, 0) is 79.7 Å². The maximum Gasteiger partial charge on any atom is 0.491 e. The van der Waals surface area contributed by atoms with Gasteiger partial charge >= 0.3 is 7.12 Å². The standard InChI is InChI=1S/C34H39BN2O4/c1-21-18-27(32-28(19-21)31(38)22(2)33(41-32)37-15-13-34(4,5)14-16-37)23(3)36-30-9-7-6-8-26(30)24-10-11-29-25(20-24)12-17-40-35(29)39/h6-11,18-20,23,36,39H,12-17H2,1-5H3/t23-/m1/s1. The fourth-order valence-electron chi connectivity index (χ4n) is 6.27. The molecule has 0 spiro atoms. The molecule has 2 aliphatic rings. The average molecular weight is 551 g/mol. The lowest BCUT2D eigenvalue weighted by Gasteiger charge is -2.37. The maximum absolute atomic E-state index is 13.7. The van der Waals surface area contributed by atoms with E-state index < -0.39 is 7.12 Å². The zero-order valence-corrected chi connectivity index (χ0v) is 24.7. The molecule has 1 aromatic heterocycles. The number of nitrogens with zero attached hydrogens (tertiary/aromatic N) is 1. The summed E-state index contributed by atoms with van der Waals surface area (Å²) < 4.78 is 12.1. The lowest BCUT2D eigenvalue weighted by Crippen LogP contribution is -2.41. The predicted molar refractivity (Wildman–Crippen MR) is 168 cm³/mol. The Balaban J connectivity index is 1.38. The van der Waals surface area contributed by atoms with Gasteiger partial charge in [-0.1, -0.05) is 56.3 Å². The van der Waals surface area contributed by atoms with Crippen LogP contribution in [-0.2, 0) is 11.1 Å². The first-order valence-corrected chi connectivity index (χ1v) is 14.7. The summed E-state index contributed by atoms with van der Waals surface area (Å²) in [6.45, 7) is 12.9. The molecule has 1 fully saturated rings. The van der Waals surface area contributed by atoms with Gasteiger partial charge in [-0.25, -0.2) is 0 Å². The highest BCUT2D eigenvalue weighted by atomic mass is 16.5. The predicted octanol–water partition coefficient (Wildman–Crippen LogP) is 6.14. The highest BCUT2D eigenvalue weighted by Crippen LogP contribution is 2.37. The molecule has 0 amide bonds. The van der Waals surface area contributed by atoms with Crippen molar-refractivity contribution in [1.29, 1.82) is 0 Å². The second-order valence-electron chi connectivity index (χ2n) is 12.5. The van der Waals surface area contributed by atoms with Crippen molar-refractivity contribution in [3.05, 3.63) is 87.1 Å². The van der Waals surface area contributed by atoms with E-state index in [4.69, 9.17) is 9.07 Å². The third-order valence-corrected chi connectivity index (χ3v) is 8.90. The van der Waals surface area contributed by atoms with Crippen LogP contribution in [0, 0.1) is 19.3 Å². The summed E-state index contributed by atoms with van der Waals surface area (Å²) >= 11 is 0.